The fourth-order valence-corrected chi connectivity index (χ4v) is 1.99. The summed E-state index contributed by atoms with van der Waals surface area (Å²) in [6.45, 7) is 3.71. The Hall–Kier alpha value is -2.07. The van der Waals surface area contributed by atoms with E-state index in [1.807, 2.05) is 0 Å². The van der Waals surface area contributed by atoms with E-state index in [2.05, 4.69) is 10.6 Å². The molecule has 3 N–H and O–H groups in total. The molecule has 0 spiro atoms. The van der Waals surface area contributed by atoms with Crippen molar-refractivity contribution >= 4 is 11.8 Å². The number of rotatable bonds is 8. The van der Waals surface area contributed by atoms with Gasteiger partial charge in [-0.15, -0.1) is 0 Å². The Bertz CT molecular complexity index is 440. The van der Waals surface area contributed by atoms with Gasteiger partial charge in [0.25, 0.3) is 5.91 Å². The molecule has 0 aromatic carbocycles. The van der Waals surface area contributed by atoms with Gasteiger partial charge in [-0.1, -0.05) is 0 Å². The molecule has 21 heavy (non-hydrogen) atoms. The number of hydrogen-bond donors (Lipinski definition) is 3. The van der Waals surface area contributed by atoms with Crippen LogP contribution < -0.4 is 10.6 Å². The Labute approximate surface area is 124 Å². The molecule has 0 bridgehead atoms. The molecule has 1 fully saturated rings. The standard InChI is InChI=1S/C14H22N4O3/c1-11(19)9-16-10-12(8-15)14(21)17-5-3-7-18-6-2-4-13(18)20/h10-11,16,19H,2-7,9H2,1H3,(H,17,21)/b12-10-. The lowest BCUT2D eigenvalue weighted by Gasteiger charge is -2.15. The van der Waals surface area contributed by atoms with E-state index in [1.54, 1.807) is 17.9 Å². The molecule has 0 aromatic rings. The van der Waals surface area contributed by atoms with Crippen LogP contribution >= 0.6 is 0 Å². The smallest absolute Gasteiger partial charge is 0.263 e. The fraction of sp³-hybridized carbons (Fsp3) is 0.643. The first-order chi connectivity index (χ1) is 10.0. The molecule has 1 aliphatic heterocycles. The second kappa shape index (κ2) is 8.97. The highest BCUT2D eigenvalue weighted by molar-refractivity contribution is 5.97. The Kier molecular flexibility index (Phi) is 7.26. The van der Waals surface area contributed by atoms with Gasteiger partial charge in [-0.25, -0.2) is 0 Å². The van der Waals surface area contributed by atoms with Gasteiger partial charge in [0.15, 0.2) is 0 Å². The molecule has 1 rings (SSSR count). The van der Waals surface area contributed by atoms with Gasteiger partial charge < -0.3 is 20.6 Å². The Morgan fingerprint density at radius 3 is 2.95 bits per heavy atom. The van der Waals surface area contributed by atoms with E-state index in [-0.39, 0.29) is 18.0 Å². The van der Waals surface area contributed by atoms with Gasteiger partial charge in [0.2, 0.25) is 5.91 Å². The van der Waals surface area contributed by atoms with Crippen LogP contribution in [0.2, 0.25) is 0 Å². The number of likely N-dealkylation sites (tertiary alicyclic amines) is 1. The Balaban J connectivity index is 2.24. The molecule has 0 aliphatic carbocycles. The lowest BCUT2D eigenvalue weighted by molar-refractivity contribution is -0.127. The molecule has 1 saturated heterocycles. The molecule has 7 heteroatoms. The number of amides is 2. The minimum atomic E-state index is -0.553. The predicted molar refractivity (Wildman–Crippen MR) is 76.8 cm³/mol. The molecule has 0 aromatic heterocycles. The normalized spacial score (nSPS) is 16.5. The summed E-state index contributed by atoms with van der Waals surface area (Å²) in [6, 6.07) is 1.81. The van der Waals surface area contributed by atoms with Crippen molar-refractivity contribution in [1.29, 1.82) is 5.26 Å². The molecule has 0 radical (unpaired) electrons. The quantitative estimate of drug-likeness (QED) is 0.318. The van der Waals surface area contributed by atoms with Crippen LogP contribution in [0.25, 0.3) is 0 Å². The number of nitriles is 1. The van der Waals surface area contributed by atoms with Gasteiger partial charge >= 0.3 is 0 Å². The number of carbonyl (C=O) groups is 2. The van der Waals surface area contributed by atoms with Gasteiger partial charge in [0, 0.05) is 38.8 Å². The highest BCUT2D eigenvalue weighted by Gasteiger charge is 2.19. The van der Waals surface area contributed by atoms with Crippen molar-refractivity contribution in [3.8, 4) is 6.07 Å². The monoisotopic (exact) mass is 294 g/mol. The van der Waals surface area contributed by atoms with Crippen molar-refractivity contribution in [1.82, 2.24) is 15.5 Å². The van der Waals surface area contributed by atoms with E-state index < -0.39 is 12.0 Å². The summed E-state index contributed by atoms with van der Waals surface area (Å²) in [5.74, 6) is -0.287. The van der Waals surface area contributed by atoms with Gasteiger partial charge in [0.1, 0.15) is 11.6 Å². The topological polar surface area (TPSA) is 105 Å². The summed E-state index contributed by atoms with van der Waals surface area (Å²) < 4.78 is 0. The van der Waals surface area contributed by atoms with Crippen LogP contribution in [0.5, 0.6) is 0 Å². The van der Waals surface area contributed by atoms with Crippen LogP contribution in [-0.2, 0) is 9.59 Å². The summed E-state index contributed by atoms with van der Waals surface area (Å²) in [7, 11) is 0. The molecule has 1 unspecified atom stereocenters. The zero-order valence-corrected chi connectivity index (χ0v) is 12.3. The van der Waals surface area contributed by atoms with Gasteiger partial charge in [-0.05, 0) is 19.8 Å². The molecule has 7 nitrogen and oxygen atoms in total. The zero-order valence-electron chi connectivity index (χ0n) is 12.3. The number of aliphatic hydroxyl groups excluding tert-OH is 1. The van der Waals surface area contributed by atoms with Crippen LogP contribution in [0, 0.1) is 11.3 Å². The maximum absolute atomic E-state index is 11.7. The van der Waals surface area contributed by atoms with E-state index in [1.165, 1.54) is 6.20 Å². The molecular weight excluding hydrogens is 272 g/mol. The first-order valence-electron chi connectivity index (χ1n) is 7.12. The van der Waals surface area contributed by atoms with Gasteiger partial charge in [-0.2, -0.15) is 5.26 Å². The third-order valence-corrected chi connectivity index (χ3v) is 3.09. The van der Waals surface area contributed by atoms with Crippen LogP contribution in [0.4, 0.5) is 0 Å². The maximum Gasteiger partial charge on any atom is 0.263 e. The third-order valence-electron chi connectivity index (χ3n) is 3.09. The molecule has 2 amide bonds. The van der Waals surface area contributed by atoms with E-state index >= 15 is 0 Å². The number of carbonyl (C=O) groups excluding carboxylic acids is 2. The van der Waals surface area contributed by atoms with Crippen molar-refractivity contribution in [3.63, 3.8) is 0 Å². The highest BCUT2D eigenvalue weighted by Crippen LogP contribution is 2.09. The average Bonchev–Trinajstić information content (AvgIpc) is 2.84. The van der Waals surface area contributed by atoms with Crippen molar-refractivity contribution in [2.45, 2.75) is 32.3 Å². The minimum absolute atomic E-state index is 0.0344. The van der Waals surface area contributed by atoms with Crippen LogP contribution in [0.15, 0.2) is 11.8 Å². The Morgan fingerprint density at radius 1 is 1.62 bits per heavy atom. The molecule has 1 atom stereocenters. The summed E-state index contributed by atoms with van der Waals surface area (Å²) in [4.78, 5) is 24.9. The second-order valence-electron chi connectivity index (χ2n) is 5.02. The summed E-state index contributed by atoms with van der Waals surface area (Å²) in [5, 5.41) is 23.3. The predicted octanol–water partition coefficient (Wildman–Crippen LogP) is -0.507. The van der Waals surface area contributed by atoms with Crippen molar-refractivity contribution in [3.05, 3.63) is 11.8 Å². The summed E-state index contributed by atoms with van der Waals surface area (Å²) in [5.41, 5.74) is -0.0344. The molecular formula is C14H22N4O3. The maximum atomic E-state index is 11.7. The minimum Gasteiger partial charge on any atom is -0.392 e. The third kappa shape index (κ3) is 6.27. The largest absolute Gasteiger partial charge is 0.392 e. The van der Waals surface area contributed by atoms with E-state index in [9.17, 15) is 9.59 Å². The Morgan fingerprint density at radius 2 is 2.38 bits per heavy atom. The highest BCUT2D eigenvalue weighted by atomic mass is 16.3. The number of aliphatic hydroxyl groups is 1. The molecule has 116 valence electrons. The fourth-order valence-electron chi connectivity index (χ4n) is 1.99. The molecule has 1 heterocycles. The first kappa shape index (κ1) is 17.0. The van der Waals surface area contributed by atoms with E-state index in [0.717, 1.165) is 13.0 Å². The van der Waals surface area contributed by atoms with Crippen molar-refractivity contribution in [2.24, 2.45) is 0 Å². The zero-order chi connectivity index (χ0) is 15.7. The first-order valence-corrected chi connectivity index (χ1v) is 7.12. The average molecular weight is 294 g/mol. The number of nitrogens with zero attached hydrogens (tertiary/aromatic N) is 2. The summed E-state index contributed by atoms with van der Waals surface area (Å²) in [6.07, 6.45) is 2.93. The number of hydrogen-bond acceptors (Lipinski definition) is 5. The summed E-state index contributed by atoms with van der Waals surface area (Å²) >= 11 is 0. The lowest BCUT2D eigenvalue weighted by atomic mass is 10.3. The van der Waals surface area contributed by atoms with Crippen LogP contribution in [0.3, 0.4) is 0 Å². The SMILES string of the molecule is CC(O)CN/C=C(/C#N)C(=O)NCCCN1CCCC1=O. The van der Waals surface area contributed by atoms with Crippen molar-refractivity contribution < 1.29 is 14.7 Å². The van der Waals surface area contributed by atoms with Gasteiger partial charge in [0.05, 0.1) is 6.10 Å². The van der Waals surface area contributed by atoms with E-state index in [4.69, 9.17) is 10.4 Å². The van der Waals surface area contributed by atoms with E-state index in [0.29, 0.717) is 25.9 Å². The van der Waals surface area contributed by atoms with Crippen molar-refractivity contribution in [2.75, 3.05) is 26.2 Å². The number of nitrogens with one attached hydrogen (secondary N) is 2. The lowest BCUT2D eigenvalue weighted by Crippen LogP contribution is -2.31. The van der Waals surface area contributed by atoms with Gasteiger partial charge in [-0.3, -0.25) is 9.59 Å². The van der Waals surface area contributed by atoms with Crippen LogP contribution in [-0.4, -0.2) is 54.1 Å². The van der Waals surface area contributed by atoms with Crippen LogP contribution in [0.1, 0.15) is 26.2 Å². The molecule has 0 saturated carbocycles. The molecule has 1 aliphatic rings. The second-order valence-corrected chi connectivity index (χ2v) is 5.02.